The summed E-state index contributed by atoms with van der Waals surface area (Å²) < 4.78 is 14.0. The van der Waals surface area contributed by atoms with Crippen molar-refractivity contribution in [2.45, 2.75) is 27.7 Å². The van der Waals surface area contributed by atoms with E-state index < -0.39 is 0 Å². The lowest BCUT2D eigenvalue weighted by atomic mass is 10.3. The molecule has 0 saturated carbocycles. The van der Waals surface area contributed by atoms with Crippen LogP contribution in [0.1, 0.15) is 27.7 Å². The van der Waals surface area contributed by atoms with Crippen molar-refractivity contribution in [3.63, 3.8) is 0 Å². The largest absolute Gasteiger partial charge is 0.493 e. The zero-order chi connectivity index (χ0) is 15.3. The Morgan fingerprint density at radius 2 is 1.32 bits per heavy atom. The van der Waals surface area contributed by atoms with Gasteiger partial charge in [-0.3, -0.25) is 9.59 Å². The molecule has 0 bridgehead atoms. The van der Waals surface area contributed by atoms with Crippen molar-refractivity contribution in [1.82, 2.24) is 0 Å². The maximum atomic E-state index is 10.6. The Hall–Kier alpha value is -2.04. The smallest absolute Gasteiger partial charge is 0.308 e. The van der Waals surface area contributed by atoms with Gasteiger partial charge in [-0.2, -0.15) is 0 Å². The van der Waals surface area contributed by atoms with E-state index in [2.05, 4.69) is 4.74 Å². The van der Waals surface area contributed by atoms with Gasteiger partial charge in [-0.1, -0.05) is 26.0 Å². The zero-order valence-electron chi connectivity index (χ0n) is 12.4. The predicted molar refractivity (Wildman–Crippen MR) is 73.3 cm³/mol. The van der Waals surface area contributed by atoms with Gasteiger partial charge in [0.1, 0.15) is 0 Å². The summed E-state index contributed by atoms with van der Waals surface area (Å²) in [4.78, 5) is 20.2. The van der Waals surface area contributed by atoms with Gasteiger partial charge in [0.05, 0.1) is 14.2 Å². The van der Waals surface area contributed by atoms with Crippen molar-refractivity contribution in [3.8, 4) is 11.5 Å². The molecule has 0 atom stereocenters. The van der Waals surface area contributed by atoms with Gasteiger partial charge in [0.15, 0.2) is 11.5 Å². The minimum absolute atomic E-state index is 0.245. The minimum Gasteiger partial charge on any atom is -0.493 e. The predicted octanol–water partition coefficient (Wildman–Crippen LogP) is 2.83. The van der Waals surface area contributed by atoms with Crippen LogP contribution >= 0.6 is 0 Å². The first-order valence-electron chi connectivity index (χ1n) is 5.87. The van der Waals surface area contributed by atoms with Crippen LogP contribution < -0.4 is 9.47 Å². The third-order valence-electron chi connectivity index (χ3n) is 1.61. The van der Waals surface area contributed by atoms with Gasteiger partial charge in [-0.05, 0) is 12.1 Å². The Bertz CT molecular complexity index is 374. The van der Waals surface area contributed by atoms with Crippen LogP contribution in [0.5, 0.6) is 11.5 Å². The van der Waals surface area contributed by atoms with E-state index in [1.54, 1.807) is 18.2 Å². The lowest BCUT2D eigenvalue weighted by Crippen LogP contribution is -2.02. The highest BCUT2D eigenvalue weighted by atomic mass is 16.6. The van der Waals surface area contributed by atoms with Crippen LogP contribution in [-0.2, 0) is 14.3 Å². The highest BCUT2D eigenvalue weighted by Gasteiger charge is 2.03. The normalized spacial score (nSPS) is 7.89. The summed E-state index contributed by atoms with van der Waals surface area (Å²) >= 11 is 0. The van der Waals surface area contributed by atoms with Crippen LogP contribution in [-0.4, -0.2) is 26.2 Å². The van der Waals surface area contributed by atoms with E-state index in [1.807, 2.05) is 19.9 Å². The van der Waals surface area contributed by atoms with Crippen LogP contribution in [0.3, 0.4) is 0 Å². The quantitative estimate of drug-likeness (QED) is 0.611. The number of carbonyl (C=O) groups is 2. The van der Waals surface area contributed by atoms with Gasteiger partial charge in [-0.15, -0.1) is 0 Å². The molecule has 0 unspecified atom stereocenters. The average Bonchev–Trinajstić information content (AvgIpc) is 2.41. The number of esters is 2. The highest BCUT2D eigenvalue weighted by molar-refractivity contribution is 5.70. The van der Waals surface area contributed by atoms with E-state index >= 15 is 0 Å². The molecule has 19 heavy (non-hydrogen) atoms. The monoisotopic (exact) mass is 270 g/mol. The summed E-state index contributed by atoms with van der Waals surface area (Å²) in [6, 6.07) is 7.01. The van der Waals surface area contributed by atoms with Gasteiger partial charge < -0.3 is 14.2 Å². The molecule has 1 rings (SSSR count). The number of hydrogen-bond acceptors (Lipinski definition) is 5. The molecule has 0 aliphatic heterocycles. The first kappa shape index (κ1) is 19.3. The third kappa shape index (κ3) is 10.8. The molecule has 0 aromatic heterocycles. The number of hydrogen-bond donors (Lipinski definition) is 0. The molecular formula is C14H22O5. The standard InChI is InChI=1S/C9H10O3.C3H6O2.C2H6/c1-7(10)12-9-6-4-3-5-8(9)11-2;1-3(4)5-2;1-2/h3-6H,1-2H3;1-2H3;1-2H3. The SMILES string of the molecule is CC.COC(C)=O.COc1ccccc1OC(C)=O. The van der Waals surface area contributed by atoms with Gasteiger partial charge in [-0.25, -0.2) is 0 Å². The number of ether oxygens (including phenoxy) is 3. The summed E-state index contributed by atoms with van der Waals surface area (Å²) in [6.07, 6.45) is 0. The molecule has 0 amide bonds. The van der Waals surface area contributed by atoms with Crippen molar-refractivity contribution < 1.29 is 23.8 Å². The molecule has 0 aliphatic rings. The lowest BCUT2D eigenvalue weighted by Gasteiger charge is -2.05. The molecule has 1 aromatic carbocycles. The van der Waals surface area contributed by atoms with Crippen molar-refractivity contribution in [2.75, 3.05) is 14.2 Å². The molecule has 1 aromatic rings. The fourth-order valence-electron chi connectivity index (χ4n) is 0.858. The van der Waals surface area contributed by atoms with E-state index in [0.29, 0.717) is 11.5 Å². The summed E-state index contributed by atoms with van der Waals surface area (Å²) in [5.74, 6) is 0.421. The first-order chi connectivity index (χ1) is 9.01. The second-order valence-electron chi connectivity index (χ2n) is 2.94. The number of methoxy groups -OCH3 is 2. The average molecular weight is 270 g/mol. The number of para-hydroxylation sites is 2. The second kappa shape index (κ2) is 12.4. The highest BCUT2D eigenvalue weighted by Crippen LogP contribution is 2.25. The second-order valence-corrected chi connectivity index (χ2v) is 2.94. The number of benzene rings is 1. The van der Waals surface area contributed by atoms with E-state index in [9.17, 15) is 9.59 Å². The van der Waals surface area contributed by atoms with Gasteiger partial charge >= 0.3 is 11.9 Å². The van der Waals surface area contributed by atoms with Crippen molar-refractivity contribution in [1.29, 1.82) is 0 Å². The summed E-state index contributed by atoms with van der Waals surface area (Å²) in [5, 5.41) is 0. The van der Waals surface area contributed by atoms with Crippen LogP contribution in [0, 0.1) is 0 Å². The van der Waals surface area contributed by atoms with Crippen LogP contribution in [0.2, 0.25) is 0 Å². The molecule has 0 spiro atoms. The molecule has 5 heteroatoms. The Kier molecular flexibility index (Phi) is 12.6. The molecule has 0 heterocycles. The zero-order valence-corrected chi connectivity index (χ0v) is 12.4. The first-order valence-corrected chi connectivity index (χ1v) is 5.87. The summed E-state index contributed by atoms with van der Waals surface area (Å²) in [7, 11) is 2.88. The van der Waals surface area contributed by atoms with Crippen LogP contribution in [0.4, 0.5) is 0 Å². The van der Waals surface area contributed by atoms with Crippen molar-refractivity contribution >= 4 is 11.9 Å². The molecule has 0 radical (unpaired) electrons. The van der Waals surface area contributed by atoms with Crippen LogP contribution in [0.15, 0.2) is 24.3 Å². The molecule has 0 fully saturated rings. The maximum absolute atomic E-state index is 10.6. The Morgan fingerprint density at radius 3 is 1.63 bits per heavy atom. The van der Waals surface area contributed by atoms with E-state index in [1.165, 1.54) is 28.1 Å². The van der Waals surface area contributed by atoms with Crippen molar-refractivity contribution in [2.24, 2.45) is 0 Å². The molecule has 108 valence electrons. The third-order valence-corrected chi connectivity index (χ3v) is 1.61. The maximum Gasteiger partial charge on any atom is 0.308 e. The van der Waals surface area contributed by atoms with E-state index in [0.717, 1.165) is 0 Å². The number of rotatable bonds is 2. The van der Waals surface area contributed by atoms with E-state index in [-0.39, 0.29) is 11.9 Å². The van der Waals surface area contributed by atoms with Crippen molar-refractivity contribution in [3.05, 3.63) is 24.3 Å². The molecule has 0 saturated heterocycles. The summed E-state index contributed by atoms with van der Waals surface area (Å²) in [5.41, 5.74) is 0. The Balaban J connectivity index is 0. The van der Waals surface area contributed by atoms with Gasteiger partial charge in [0.25, 0.3) is 0 Å². The van der Waals surface area contributed by atoms with Crippen LogP contribution in [0.25, 0.3) is 0 Å². The van der Waals surface area contributed by atoms with E-state index in [4.69, 9.17) is 9.47 Å². The Morgan fingerprint density at radius 1 is 0.895 bits per heavy atom. The molecule has 0 N–H and O–H groups in total. The molecular weight excluding hydrogens is 248 g/mol. The summed E-state index contributed by atoms with van der Waals surface area (Å²) in [6.45, 7) is 6.71. The van der Waals surface area contributed by atoms with Gasteiger partial charge in [0, 0.05) is 13.8 Å². The fraction of sp³-hybridized carbons (Fsp3) is 0.429. The molecule has 5 nitrogen and oxygen atoms in total. The fourth-order valence-corrected chi connectivity index (χ4v) is 0.858. The lowest BCUT2D eigenvalue weighted by molar-refractivity contribution is -0.138. The molecule has 0 aliphatic carbocycles. The number of carbonyl (C=O) groups excluding carboxylic acids is 2. The Labute approximate surface area is 114 Å². The topological polar surface area (TPSA) is 61.8 Å². The minimum atomic E-state index is -0.348. The van der Waals surface area contributed by atoms with Gasteiger partial charge in [0.2, 0.25) is 0 Å².